The normalized spacial score (nSPS) is 10.7. The molecule has 1 heterocycles. The van der Waals surface area contributed by atoms with Crippen molar-refractivity contribution in [1.82, 2.24) is 4.98 Å². The van der Waals surface area contributed by atoms with Crippen molar-refractivity contribution in [3.63, 3.8) is 0 Å². The lowest BCUT2D eigenvalue weighted by Crippen LogP contribution is -2.04. The predicted molar refractivity (Wildman–Crippen MR) is 94.4 cm³/mol. The lowest BCUT2D eigenvalue weighted by Gasteiger charge is -2.14. The van der Waals surface area contributed by atoms with Crippen LogP contribution >= 0.6 is 0 Å². The molecule has 2 aromatic carbocycles. The van der Waals surface area contributed by atoms with Gasteiger partial charge in [0.2, 0.25) is 11.3 Å². The number of aromatic nitrogens is 1. The van der Waals surface area contributed by atoms with E-state index >= 15 is 0 Å². The molecule has 0 unspecified atom stereocenters. The molecular formula is C19H19NO4. The number of aromatic amines is 1. The molecule has 5 heteroatoms. The highest BCUT2D eigenvalue weighted by molar-refractivity contribution is 5.87. The molecule has 5 nitrogen and oxygen atoms in total. The van der Waals surface area contributed by atoms with Crippen molar-refractivity contribution in [3.8, 4) is 28.4 Å². The van der Waals surface area contributed by atoms with E-state index in [2.05, 4.69) is 4.98 Å². The van der Waals surface area contributed by atoms with Crippen LogP contribution < -0.4 is 19.8 Å². The third kappa shape index (κ3) is 2.69. The van der Waals surface area contributed by atoms with Crippen LogP contribution in [0.2, 0.25) is 0 Å². The molecule has 0 radical (unpaired) electrons. The van der Waals surface area contributed by atoms with Gasteiger partial charge in [-0.2, -0.15) is 0 Å². The Balaban J connectivity index is 2.22. The molecule has 0 aliphatic heterocycles. The Kier molecular flexibility index (Phi) is 4.16. The van der Waals surface area contributed by atoms with Crippen LogP contribution in [0.15, 0.2) is 41.2 Å². The molecule has 0 saturated carbocycles. The second kappa shape index (κ2) is 6.28. The lowest BCUT2D eigenvalue weighted by molar-refractivity contribution is 0.324. The Labute approximate surface area is 139 Å². The topological polar surface area (TPSA) is 60.6 Å². The Morgan fingerprint density at radius 1 is 0.833 bits per heavy atom. The summed E-state index contributed by atoms with van der Waals surface area (Å²) in [6.07, 6.45) is 0. The first-order chi connectivity index (χ1) is 11.6. The van der Waals surface area contributed by atoms with Crippen LogP contribution in [0.5, 0.6) is 17.2 Å². The highest BCUT2D eigenvalue weighted by atomic mass is 16.5. The summed E-state index contributed by atoms with van der Waals surface area (Å²) in [6, 6.07) is 11.3. The highest BCUT2D eigenvalue weighted by Gasteiger charge is 2.14. The minimum atomic E-state index is -0.0967. The summed E-state index contributed by atoms with van der Waals surface area (Å²) in [7, 11) is 4.77. The van der Waals surface area contributed by atoms with Crippen LogP contribution in [0, 0.1) is 6.92 Å². The fraction of sp³-hybridized carbons (Fsp3) is 0.211. The third-order valence-corrected chi connectivity index (χ3v) is 4.05. The van der Waals surface area contributed by atoms with Gasteiger partial charge >= 0.3 is 0 Å². The summed E-state index contributed by atoms with van der Waals surface area (Å²) in [5.41, 5.74) is 3.59. The van der Waals surface area contributed by atoms with Gasteiger partial charge in [0.15, 0.2) is 11.5 Å². The molecule has 0 spiro atoms. The number of nitrogens with one attached hydrogen (secondary N) is 1. The number of rotatable bonds is 4. The van der Waals surface area contributed by atoms with E-state index < -0.39 is 0 Å². The molecule has 24 heavy (non-hydrogen) atoms. The molecule has 124 valence electrons. The first kappa shape index (κ1) is 15.9. The van der Waals surface area contributed by atoms with Crippen molar-refractivity contribution in [2.45, 2.75) is 6.92 Å². The number of ether oxygens (including phenoxy) is 3. The van der Waals surface area contributed by atoms with E-state index in [1.54, 1.807) is 27.4 Å². The first-order valence-corrected chi connectivity index (χ1v) is 7.51. The highest BCUT2D eigenvalue weighted by Crippen LogP contribution is 2.41. The van der Waals surface area contributed by atoms with E-state index in [1.807, 2.05) is 37.3 Å². The summed E-state index contributed by atoms with van der Waals surface area (Å²) in [4.78, 5) is 14.4. The summed E-state index contributed by atoms with van der Waals surface area (Å²) < 4.78 is 16.2. The van der Waals surface area contributed by atoms with E-state index in [-0.39, 0.29) is 5.56 Å². The van der Waals surface area contributed by atoms with Crippen molar-refractivity contribution in [1.29, 1.82) is 0 Å². The quantitative estimate of drug-likeness (QED) is 0.797. The van der Waals surface area contributed by atoms with Crippen molar-refractivity contribution in [3.05, 3.63) is 52.3 Å². The Bertz CT molecular complexity index is 934. The molecule has 0 fully saturated rings. The smallest absolute Gasteiger partial charge is 0.248 e. The molecule has 0 aliphatic rings. The van der Waals surface area contributed by atoms with E-state index in [4.69, 9.17) is 14.2 Å². The molecule has 3 aromatic rings. The SMILES string of the molecule is COc1cc(-c2ccc3[nH]c(=O)cc(C)c3c2)cc(OC)c1OC. The van der Waals surface area contributed by atoms with Crippen LogP contribution in [-0.2, 0) is 0 Å². The second-order valence-corrected chi connectivity index (χ2v) is 5.49. The van der Waals surface area contributed by atoms with Gasteiger partial charge < -0.3 is 19.2 Å². The standard InChI is InChI=1S/C19H19NO4/c1-11-7-18(21)20-15-6-5-12(8-14(11)15)13-9-16(22-2)19(24-4)17(10-13)23-3/h5-10H,1-4H3,(H,20,21). The molecular weight excluding hydrogens is 306 g/mol. The number of hydrogen-bond acceptors (Lipinski definition) is 4. The van der Waals surface area contributed by atoms with Crippen LogP contribution in [0.3, 0.4) is 0 Å². The maximum absolute atomic E-state index is 11.6. The molecule has 0 atom stereocenters. The number of H-pyrrole nitrogens is 1. The van der Waals surface area contributed by atoms with Gasteiger partial charge in [-0.25, -0.2) is 0 Å². The van der Waals surface area contributed by atoms with Crippen molar-refractivity contribution >= 4 is 10.9 Å². The molecule has 1 aromatic heterocycles. The minimum absolute atomic E-state index is 0.0967. The number of methoxy groups -OCH3 is 3. The summed E-state index contributed by atoms with van der Waals surface area (Å²) in [6.45, 7) is 1.93. The maximum atomic E-state index is 11.6. The number of hydrogen-bond donors (Lipinski definition) is 1. The van der Waals surface area contributed by atoms with E-state index in [0.29, 0.717) is 17.2 Å². The van der Waals surface area contributed by atoms with Crippen LogP contribution in [-0.4, -0.2) is 26.3 Å². The largest absolute Gasteiger partial charge is 0.493 e. The zero-order chi connectivity index (χ0) is 17.3. The average molecular weight is 325 g/mol. The predicted octanol–water partition coefficient (Wildman–Crippen LogP) is 3.53. The molecule has 0 bridgehead atoms. The number of pyridine rings is 1. The maximum Gasteiger partial charge on any atom is 0.248 e. The zero-order valence-electron chi connectivity index (χ0n) is 14.1. The first-order valence-electron chi connectivity index (χ1n) is 7.51. The summed E-state index contributed by atoms with van der Waals surface area (Å²) in [5.74, 6) is 1.76. The second-order valence-electron chi connectivity index (χ2n) is 5.49. The third-order valence-electron chi connectivity index (χ3n) is 4.05. The Morgan fingerprint density at radius 2 is 1.50 bits per heavy atom. The molecule has 0 amide bonds. The van der Waals surface area contributed by atoms with Gasteiger partial charge in [0.05, 0.1) is 21.3 Å². The lowest BCUT2D eigenvalue weighted by atomic mass is 10.0. The van der Waals surface area contributed by atoms with Crippen LogP contribution in [0.4, 0.5) is 0 Å². The van der Waals surface area contributed by atoms with Gasteiger partial charge in [-0.05, 0) is 47.9 Å². The summed E-state index contributed by atoms with van der Waals surface area (Å²) in [5, 5.41) is 1.00. The zero-order valence-corrected chi connectivity index (χ0v) is 14.1. The van der Waals surface area contributed by atoms with Gasteiger partial charge in [0, 0.05) is 17.0 Å². The van der Waals surface area contributed by atoms with Crippen LogP contribution in [0.25, 0.3) is 22.0 Å². The molecule has 1 N–H and O–H groups in total. The number of fused-ring (bicyclic) bond motifs is 1. The number of aryl methyl sites for hydroxylation is 1. The Morgan fingerprint density at radius 3 is 2.08 bits per heavy atom. The molecule has 3 rings (SSSR count). The minimum Gasteiger partial charge on any atom is -0.493 e. The Hall–Kier alpha value is -2.95. The van der Waals surface area contributed by atoms with Crippen molar-refractivity contribution in [2.24, 2.45) is 0 Å². The van der Waals surface area contributed by atoms with Crippen molar-refractivity contribution < 1.29 is 14.2 Å². The fourth-order valence-corrected chi connectivity index (χ4v) is 2.85. The van der Waals surface area contributed by atoms with Gasteiger partial charge in [0.25, 0.3) is 0 Å². The van der Waals surface area contributed by atoms with Gasteiger partial charge in [-0.1, -0.05) is 6.07 Å². The average Bonchev–Trinajstić information content (AvgIpc) is 2.59. The van der Waals surface area contributed by atoms with E-state index in [9.17, 15) is 4.79 Å². The van der Waals surface area contributed by atoms with Gasteiger partial charge in [-0.15, -0.1) is 0 Å². The van der Waals surface area contributed by atoms with Gasteiger partial charge in [0.1, 0.15) is 0 Å². The molecule has 0 aliphatic carbocycles. The monoisotopic (exact) mass is 325 g/mol. The van der Waals surface area contributed by atoms with Crippen molar-refractivity contribution in [2.75, 3.05) is 21.3 Å². The van der Waals surface area contributed by atoms with E-state index in [0.717, 1.165) is 27.6 Å². The fourth-order valence-electron chi connectivity index (χ4n) is 2.85. The van der Waals surface area contributed by atoms with Crippen LogP contribution in [0.1, 0.15) is 5.56 Å². The summed E-state index contributed by atoms with van der Waals surface area (Å²) >= 11 is 0. The number of benzene rings is 2. The molecule has 0 saturated heterocycles. The van der Waals surface area contributed by atoms with Gasteiger partial charge in [-0.3, -0.25) is 4.79 Å². The van der Waals surface area contributed by atoms with E-state index in [1.165, 1.54) is 0 Å².